The second-order valence-corrected chi connectivity index (χ2v) is 3.29. The van der Waals surface area contributed by atoms with Crippen molar-refractivity contribution in [1.29, 1.82) is 0 Å². The van der Waals surface area contributed by atoms with Crippen molar-refractivity contribution >= 4 is 5.84 Å². The summed E-state index contributed by atoms with van der Waals surface area (Å²) in [6, 6.07) is 5.35. The van der Waals surface area contributed by atoms with Gasteiger partial charge >= 0.3 is 0 Å². The van der Waals surface area contributed by atoms with Gasteiger partial charge in [-0.25, -0.2) is 9.67 Å². The zero-order chi connectivity index (χ0) is 11.5. The summed E-state index contributed by atoms with van der Waals surface area (Å²) in [6.45, 7) is 1.90. The van der Waals surface area contributed by atoms with E-state index < -0.39 is 0 Å². The molecule has 2 aromatic heterocycles. The molecule has 0 amide bonds. The van der Waals surface area contributed by atoms with Gasteiger partial charge in [-0.1, -0.05) is 5.16 Å². The Morgan fingerprint density at radius 2 is 2.25 bits per heavy atom. The molecule has 0 saturated heterocycles. The van der Waals surface area contributed by atoms with Gasteiger partial charge in [-0.15, -0.1) is 0 Å². The predicted octanol–water partition coefficient (Wildman–Crippen LogP) is 0.670. The maximum absolute atomic E-state index is 8.50. The Morgan fingerprint density at radius 3 is 2.75 bits per heavy atom. The minimum Gasteiger partial charge on any atom is -0.409 e. The lowest BCUT2D eigenvalue weighted by molar-refractivity contribution is 0.318. The highest BCUT2D eigenvalue weighted by Gasteiger charge is 2.02. The van der Waals surface area contributed by atoms with E-state index in [2.05, 4.69) is 15.2 Å². The average Bonchev–Trinajstić information content (AvgIpc) is 2.75. The molecule has 0 atom stereocenters. The van der Waals surface area contributed by atoms with Crippen LogP contribution in [-0.2, 0) is 0 Å². The standard InChI is InChI=1S/C10H11N5O/c1-7-4-5-15(13-7)9-3-2-8(6-12-9)10(11)14-16/h2-6,16H,1H3,(H2,11,14). The quantitative estimate of drug-likeness (QED) is 0.335. The third-order valence-corrected chi connectivity index (χ3v) is 2.11. The van der Waals surface area contributed by atoms with Crippen molar-refractivity contribution in [2.24, 2.45) is 10.9 Å². The van der Waals surface area contributed by atoms with E-state index in [1.54, 1.807) is 16.8 Å². The molecule has 16 heavy (non-hydrogen) atoms. The number of amidine groups is 1. The van der Waals surface area contributed by atoms with Gasteiger partial charge in [0.1, 0.15) is 0 Å². The minimum absolute atomic E-state index is 0.0377. The lowest BCUT2D eigenvalue weighted by atomic mass is 10.2. The van der Waals surface area contributed by atoms with Gasteiger partial charge < -0.3 is 10.9 Å². The Labute approximate surface area is 92.0 Å². The van der Waals surface area contributed by atoms with Crippen LogP contribution in [0.1, 0.15) is 11.3 Å². The smallest absolute Gasteiger partial charge is 0.171 e. The summed E-state index contributed by atoms with van der Waals surface area (Å²) in [6.07, 6.45) is 3.35. The first-order valence-corrected chi connectivity index (χ1v) is 4.67. The van der Waals surface area contributed by atoms with E-state index in [0.717, 1.165) is 5.69 Å². The van der Waals surface area contributed by atoms with Gasteiger partial charge in [-0.2, -0.15) is 5.10 Å². The number of pyridine rings is 1. The van der Waals surface area contributed by atoms with Crippen molar-refractivity contribution in [3.8, 4) is 5.82 Å². The second-order valence-electron chi connectivity index (χ2n) is 3.29. The molecule has 0 fully saturated rings. The first-order chi connectivity index (χ1) is 7.70. The molecular formula is C10H11N5O. The lowest BCUT2D eigenvalue weighted by Crippen LogP contribution is -2.13. The van der Waals surface area contributed by atoms with Crippen LogP contribution in [0.3, 0.4) is 0 Å². The van der Waals surface area contributed by atoms with Gasteiger partial charge in [0.15, 0.2) is 11.7 Å². The minimum atomic E-state index is 0.0377. The van der Waals surface area contributed by atoms with E-state index in [-0.39, 0.29) is 5.84 Å². The number of hydrogen-bond donors (Lipinski definition) is 2. The van der Waals surface area contributed by atoms with Gasteiger partial charge in [-0.05, 0) is 25.1 Å². The summed E-state index contributed by atoms with van der Waals surface area (Å²) in [7, 11) is 0. The van der Waals surface area contributed by atoms with Crippen LogP contribution in [0.2, 0.25) is 0 Å². The van der Waals surface area contributed by atoms with Crippen molar-refractivity contribution in [2.75, 3.05) is 0 Å². The molecule has 6 nitrogen and oxygen atoms in total. The Morgan fingerprint density at radius 1 is 1.44 bits per heavy atom. The van der Waals surface area contributed by atoms with E-state index in [9.17, 15) is 0 Å². The fourth-order valence-corrected chi connectivity index (χ4v) is 1.27. The van der Waals surface area contributed by atoms with Crippen LogP contribution in [-0.4, -0.2) is 25.8 Å². The van der Waals surface area contributed by atoms with E-state index in [4.69, 9.17) is 10.9 Å². The molecular weight excluding hydrogens is 206 g/mol. The fourth-order valence-electron chi connectivity index (χ4n) is 1.27. The Kier molecular flexibility index (Phi) is 2.55. The number of rotatable bonds is 2. The number of aryl methyl sites for hydroxylation is 1. The normalized spacial score (nSPS) is 11.7. The van der Waals surface area contributed by atoms with Gasteiger partial charge in [0.25, 0.3) is 0 Å². The molecule has 0 spiro atoms. The summed E-state index contributed by atoms with van der Waals surface area (Å²) in [4.78, 5) is 4.16. The van der Waals surface area contributed by atoms with Crippen LogP contribution in [0.4, 0.5) is 0 Å². The second kappa shape index (κ2) is 4.01. The highest BCUT2D eigenvalue weighted by atomic mass is 16.4. The molecule has 0 saturated carbocycles. The predicted molar refractivity (Wildman–Crippen MR) is 58.6 cm³/mol. The first-order valence-electron chi connectivity index (χ1n) is 4.67. The van der Waals surface area contributed by atoms with Crippen molar-refractivity contribution in [3.05, 3.63) is 41.9 Å². The third-order valence-electron chi connectivity index (χ3n) is 2.11. The Bertz CT molecular complexity index is 514. The van der Waals surface area contributed by atoms with E-state index in [1.807, 2.05) is 19.2 Å². The number of oxime groups is 1. The lowest BCUT2D eigenvalue weighted by Gasteiger charge is -2.01. The van der Waals surface area contributed by atoms with E-state index in [1.165, 1.54) is 6.20 Å². The van der Waals surface area contributed by atoms with Crippen LogP contribution in [0.15, 0.2) is 35.7 Å². The summed E-state index contributed by atoms with van der Waals surface area (Å²) in [5.41, 5.74) is 6.91. The van der Waals surface area contributed by atoms with Gasteiger partial charge in [-0.3, -0.25) is 0 Å². The van der Waals surface area contributed by atoms with Gasteiger partial charge in [0.05, 0.1) is 5.69 Å². The van der Waals surface area contributed by atoms with E-state index in [0.29, 0.717) is 11.4 Å². The monoisotopic (exact) mass is 217 g/mol. The number of nitrogens with two attached hydrogens (primary N) is 1. The molecule has 0 aliphatic rings. The molecule has 0 radical (unpaired) electrons. The van der Waals surface area contributed by atoms with Crippen molar-refractivity contribution in [3.63, 3.8) is 0 Å². The number of nitrogens with zero attached hydrogens (tertiary/aromatic N) is 4. The molecule has 6 heteroatoms. The molecule has 2 rings (SSSR count). The molecule has 2 heterocycles. The highest BCUT2D eigenvalue weighted by molar-refractivity contribution is 5.96. The van der Waals surface area contributed by atoms with Crippen molar-refractivity contribution < 1.29 is 5.21 Å². The van der Waals surface area contributed by atoms with Gasteiger partial charge in [0.2, 0.25) is 0 Å². The summed E-state index contributed by atoms with van der Waals surface area (Å²) in [5.74, 6) is 0.721. The third kappa shape index (κ3) is 1.85. The Balaban J connectivity index is 2.33. The average molecular weight is 217 g/mol. The zero-order valence-electron chi connectivity index (χ0n) is 8.70. The molecule has 0 aliphatic heterocycles. The molecule has 2 aromatic rings. The van der Waals surface area contributed by atoms with Crippen LogP contribution in [0.5, 0.6) is 0 Å². The van der Waals surface area contributed by atoms with Crippen molar-refractivity contribution in [1.82, 2.24) is 14.8 Å². The SMILES string of the molecule is Cc1ccn(-c2ccc(C(N)=NO)cn2)n1. The summed E-state index contributed by atoms with van der Waals surface area (Å²) >= 11 is 0. The zero-order valence-corrected chi connectivity index (χ0v) is 8.70. The molecule has 0 aliphatic carbocycles. The van der Waals surface area contributed by atoms with Crippen LogP contribution in [0, 0.1) is 6.92 Å². The fraction of sp³-hybridized carbons (Fsp3) is 0.100. The van der Waals surface area contributed by atoms with Crippen LogP contribution in [0.25, 0.3) is 5.82 Å². The molecule has 0 unspecified atom stereocenters. The maximum Gasteiger partial charge on any atom is 0.171 e. The van der Waals surface area contributed by atoms with Gasteiger partial charge in [0, 0.05) is 18.0 Å². The number of aromatic nitrogens is 3. The van der Waals surface area contributed by atoms with Crippen LogP contribution >= 0.6 is 0 Å². The highest BCUT2D eigenvalue weighted by Crippen LogP contribution is 2.05. The molecule has 0 bridgehead atoms. The molecule has 82 valence electrons. The summed E-state index contributed by atoms with van der Waals surface area (Å²) < 4.78 is 1.66. The first kappa shape index (κ1) is 10.2. The molecule has 0 aromatic carbocycles. The maximum atomic E-state index is 8.50. The van der Waals surface area contributed by atoms with Crippen molar-refractivity contribution in [2.45, 2.75) is 6.92 Å². The topological polar surface area (TPSA) is 89.3 Å². The largest absolute Gasteiger partial charge is 0.409 e. The Hall–Kier alpha value is -2.37. The van der Waals surface area contributed by atoms with E-state index >= 15 is 0 Å². The number of hydrogen-bond acceptors (Lipinski definition) is 4. The van der Waals surface area contributed by atoms with Crippen LogP contribution < -0.4 is 5.73 Å². The molecule has 3 N–H and O–H groups in total. The summed E-state index contributed by atoms with van der Waals surface area (Å²) in [5, 5.41) is 15.6.